The van der Waals surface area contributed by atoms with Crippen LogP contribution in [0.1, 0.15) is 5.56 Å². The minimum Gasteiger partial charge on any atom is -0.493 e. The van der Waals surface area contributed by atoms with Gasteiger partial charge in [0.25, 0.3) is 0 Å². The molecule has 8 nitrogen and oxygen atoms in total. The quantitative estimate of drug-likeness (QED) is 0.672. The van der Waals surface area contributed by atoms with Crippen LogP contribution in [0, 0.1) is 6.92 Å². The standard InChI is InChI=1S/C21H26ClN3O5S/c1-15-4-5-16(22)12-18(15)24-8-10-25(11-9-24)21(26)14-23-31(27,28)17-6-7-19(29-2)20(13-17)30-3/h4-7,12-13,23H,8-11,14H2,1-3H3. The summed E-state index contributed by atoms with van der Waals surface area (Å²) in [6.07, 6.45) is 0. The molecule has 2 aromatic rings. The lowest BCUT2D eigenvalue weighted by Crippen LogP contribution is -2.51. The Morgan fingerprint density at radius 1 is 1.03 bits per heavy atom. The molecule has 0 unspecified atom stereocenters. The topological polar surface area (TPSA) is 88.2 Å². The first-order chi connectivity index (χ1) is 14.7. The fraction of sp³-hybridized carbons (Fsp3) is 0.381. The minimum atomic E-state index is -3.87. The van der Waals surface area contributed by atoms with Crippen LogP contribution in [0.25, 0.3) is 0 Å². The molecular weight excluding hydrogens is 442 g/mol. The molecule has 2 aromatic carbocycles. The number of carbonyl (C=O) groups is 1. The first-order valence-corrected chi connectivity index (χ1v) is 11.6. The molecule has 1 heterocycles. The number of anilines is 1. The van der Waals surface area contributed by atoms with Crippen molar-refractivity contribution in [3.63, 3.8) is 0 Å². The van der Waals surface area contributed by atoms with Gasteiger partial charge in [0, 0.05) is 43.0 Å². The Morgan fingerprint density at radius 3 is 2.35 bits per heavy atom. The smallest absolute Gasteiger partial charge is 0.241 e. The van der Waals surface area contributed by atoms with Crippen LogP contribution in [-0.4, -0.2) is 66.2 Å². The Kier molecular flexibility index (Phi) is 7.30. The molecule has 0 bridgehead atoms. The van der Waals surface area contributed by atoms with Gasteiger partial charge in [0.1, 0.15) is 0 Å². The van der Waals surface area contributed by atoms with Crippen LogP contribution >= 0.6 is 11.6 Å². The summed E-state index contributed by atoms with van der Waals surface area (Å²) in [4.78, 5) is 16.4. The zero-order chi connectivity index (χ0) is 22.6. The van der Waals surface area contributed by atoms with Gasteiger partial charge >= 0.3 is 0 Å². The Morgan fingerprint density at radius 2 is 1.71 bits per heavy atom. The van der Waals surface area contributed by atoms with E-state index in [2.05, 4.69) is 9.62 Å². The van der Waals surface area contributed by atoms with Crippen LogP contribution in [0.15, 0.2) is 41.3 Å². The molecule has 0 radical (unpaired) electrons. The highest BCUT2D eigenvalue weighted by Crippen LogP contribution is 2.29. The lowest BCUT2D eigenvalue weighted by molar-refractivity contribution is -0.130. The summed E-state index contributed by atoms with van der Waals surface area (Å²) >= 11 is 6.11. The normalized spacial score (nSPS) is 14.5. The Hall–Kier alpha value is -2.49. The second-order valence-corrected chi connectivity index (χ2v) is 9.34. The zero-order valence-corrected chi connectivity index (χ0v) is 19.3. The first-order valence-electron chi connectivity index (χ1n) is 9.75. The molecule has 1 fully saturated rings. The highest BCUT2D eigenvalue weighted by atomic mass is 35.5. The predicted octanol–water partition coefficient (Wildman–Crippen LogP) is 2.29. The zero-order valence-electron chi connectivity index (χ0n) is 17.7. The second-order valence-electron chi connectivity index (χ2n) is 7.14. The SMILES string of the molecule is COc1ccc(S(=O)(=O)NCC(=O)N2CCN(c3cc(Cl)ccc3C)CC2)cc1OC. The van der Waals surface area contributed by atoms with Crippen molar-refractivity contribution in [1.82, 2.24) is 9.62 Å². The van der Waals surface area contributed by atoms with Crippen molar-refractivity contribution in [3.8, 4) is 11.5 Å². The number of hydrogen-bond acceptors (Lipinski definition) is 6. The monoisotopic (exact) mass is 467 g/mol. The van der Waals surface area contributed by atoms with Crippen molar-refractivity contribution in [3.05, 3.63) is 47.0 Å². The molecule has 0 aliphatic carbocycles. The molecule has 1 aliphatic rings. The third kappa shape index (κ3) is 5.41. The van der Waals surface area contributed by atoms with Gasteiger partial charge in [0.2, 0.25) is 15.9 Å². The van der Waals surface area contributed by atoms with Gasteiger partial charge in [0.05, 0.1) is 25.7 Å². The van der Waals surface area contributed by atoms with Crippen LogP contribution in [-0.2, 0) is 14.8 Å². The molecule has 1 amide bonds. The number of nitrogens with one attached hydrogen (secondary N) is 1. The number of sulfonamides is 1. The van der Waals surface area contributed by atoms with E-state index in [-0.39, 0.29) is 17.3 Å². The van der Waals surface area contributed by atoms with Crippen LogP contribution < -0.4 is 19.1 Å². The number of benzene rings is 2. The molecule has 0 spiro atoms. The summed E-state index contributed by atoms with van der Waals surface area (Å²) in [5.41, 5.74) is 2.17. The van der Waals surface area contributed by atoms with E-state index in [9.17, 15) is 13.2 Å². The lowest BCUT2D eigenvalue weighted by Gasteiger charge is -2.37. The maximum atomic E-state index is 12.6. The number of rotatable bonds is 7. The maximum absolute atomic E-state index is 12.6. The number of nitrogens with zero attached hydrogens (tertiary/aromatic N) is 2. The van der Waals surface area contributed by atoms with E-state index in [1.165, 1.54) is 32.4 Å². The minimum absolute atomic E-state index is 0.000740. The molecule has 10 heteroatoms. The van der Waals surface area contributed by atoms with Crippen molar-refractivity contribution in [2.24, 2.45) is 0 Å². The first kappa shape index (κ1) is 23.2. The number of amides is 1. The van der Waals surface area contributed by atoms with Crippen molar-refractivity contribution >= 4 is 33.2 Å². The number of ether oxygens (including phenoxy) is 2. The fourth-order valence-corrected chi connectivity index (χ4v) is 4.61. The van der Waals surface area contributed by atoms with E-state index in [0.717, 1.165) is 11.3 Å². The Labute approximate surface area is 187 Å². The molecular formula is C21H26ClN3O5S. The van der Waals surface area contributed by atoms with Crippen molar-refractivity contribution in [1.29, 1.82) is 0 Å². The van der Waals surface area contributed by atoms with E-state index in [4.69, 9.17) is 21.1 Å². The van der Waals surface area contributed by atoms with E-state index >= 15 is 0 Å². The second kappa shape index (κ2) is 9.76. The highest BCUT2D eigenvalue weighted by Gasteiger charge is 2.24. The third-order valence-corrected chi connectivity index (χ3v) is 6.86. The van der Waals surface area contributed by atoms with Crippen LogP contribution in [0.5, 0.6) is 11.5 Å². The van der Waals surface area contributed by atoms with Gasteiger partial charge in [-0.1, -0.05) is 17.7 Å². The molecule has 0 atom stereocenters. The fourth-order valence-electron chi connectivity index (χ4n) is 3.46. The van der Waals surface area contributed by atoms with Crippen LogP contribution in [0.2, 0.25) is 5.02 Å². The molecule has 1 N–H and O–H groups in total. The van der Waals surface area contributed by atoms with Crippen molar-refractivity contribution in [2.75, 3.05) is 51.8 Å². The summed E-state index contributed by atoms with van der Waals surface area (Å²) < 4.78 is 37.8. The molecule has 0 saturated carbocycles. The van der Waals surface area contributed by atoms with E-state index in [0.29, 0.717) is 42.7 Å². The number of aryl methyl sites for hydroxylation is 1. The summed E-state index contributed by atoms with van der Waals surface area (Å²) in [6, 6.07) is 10.0. The lowest BCUT2D eigenvalue weighted by atomic mass is 10.1. The van der Waals surface area contributed by atoms with E-state index in [1.807, 2.05) is 25.1 Å². The molecule has 31 heavy (non-hydrogen) atoms. The van der Waals surface area contributed by atoms with Gasteiger partial charge in [0.15, 0.2) is 11.5 Å². The Bertz CT molecular complexity index is 1050. The maximum Gasteiger partial charge on any atom is 0.241 e. The van der Waals surface area contributed by atoms with Crippen LogP contribution in [0.4, 0.5) is 5.69 Å². The van der Waals surface area contributed by atoms with Gasteiger partial charge in [-0.15, -0.1) is 0 Å². The van der Waals surface area contributed by atoms with Crippen LogP contribution in [0.3, 0.4) is 0 Å². The average molecular weight is 468 g/mol. The number of hydrogen-bond donors (Lipinski definition) is 1. The number of methoxy groups -OCH3 is 2. The molecule has 1 aliphatic heterocycles. The molecule has 1 saturated heterocycles. The van der Waals surface area contributed by atoms with E-state index in [1.54, 1.807) is 4.90 Å². The molecule has 0 aromatic heterocycles. The third-order valence-electron chi connectivity index (χ3n) is 5.22. The number of halogens is 1. The van der Waals surface area contributed by atoms with Gasteiger partial charge in [-0.2, -0.15) is 0 Å². The summed E-state index contributed by atoms with van der Waals surface area (Å²) in [7, 11) is -0.979. The number of carbonyl (C=O) groups excluding carboxylic acids is 1. The summed E-state index contributed by atoms with van der Waals surface area (Å²) in [5.74, 6) is 0.445. The van der Waals surface area contributed by atoms with Gasteiger partial charge in [-0.25, -0.2) is 13.1 Å². The number of piperazine rings is 1. The van der Waals surface area contributed by atoms with Crippen molar-refractivity contribution in [2.45, 2.75) is 11.8 Å². The largest absolute Gasteiger partial charge is 0.493 e. The Balaban J connectivity index is 1.58. The van der Waals surface area contributed by atoms with Gasteiger partial charge < -0.3 is 19.3 Å². The van der Waals surface area contributed by atoms with E-state index < -0.39 is 10.0 Å². The molecule has 3 rings (SSSR count). The molecule has 168 valence electrons. The van der Waals surface area contributed by atoms with Gasteiger partial charge in [-0.05, 0) is 36.8 Å². The van der Waals surface area contributed by atoms with Gasteiger partial charge in [-0.3, -0.25) is 4.79 Å². The summed E-state index contributed by atoms with van der Waals surface area (Å²) in [6.45, 7) is 4.01. The predicted molar refractivity (Wildman–Crippen MR) is 120 cm³/mol. The highest BCUT2D eigenvalue weighted by molar-refractivity contribution is 7.89. The average Bonchev–Trinajstić information content (AvgIpc) is 2.78. The summed E-state index contributed by atoms with van der Waals surface area (Å²) in [5, 5.41) is 0.670. The van der Waals surface area contributed by atoms with Crippen molar-refractivity contribution < 1.29 is 22.7 Å².